The van der Waals surface area contributed by atoms with Gasteiger partial charge in [-0.25, -0.2) is 4.79 Å². The fourth-order valence-corrected chi connectivity index (χ4v) is 5.84. The SMILES string of the molecule is CCOP(=O)(NC(=O)Nc1c(Cl)cc(Cl)cc1Cl)C(Nc1c(Cl)cc(Cl)cc1Cl)OC. The Balaban J connectivity index is 2.29. The van der Waals surface area contributed by atoms with Gasteiger partial charge in [-0.05, 0) is 31.2 Å². The third-order valence-corrected chi connectivity index (χ3v) is 7.37. The molecule has 0 fully saturated rings. The Hall–Kier alpha value is -0.600. The van der Waals surface area contributed by atoms with Gasteiger partial charge in [0, 0.05) is 17.2 Å². The molecule has 2 aromatic carbocycles. The van der Waals surface area contributed by atoms with Crippen LogP contribution in [0.15, 0.2) is 24.3 Å². The fourth-order valence-electron chi connectivity index (χ4n) is 2.38. The van der Waals surface area contributed by atoms with Crippen LogP contribution in [0.1, 0.15) is 6.92 Å². The van der Waals surface area contributed by atoms with E-state index in [0.717, 1.165) is 0 Å². The quantitative estimate of drug-likeness (QED) is 0.221. The van der Waals surface area contributed by atoms with E-state index < -0.39 is 19.5 Å². The molecule has 0 bridgehead atoms. The predicted molar refractivity (Wildman–Crippen MR) is 129 cm³/mol. The first-order chi connectivity index (χ1) is 14.5. The number of urea groups is 1. The zero-order valence-electron chi connectivity index (χ0n) is 15.9. The van der Waals surface area contributed by atoms with E-state index in [0.29, 0.717) is 5.02 Å². The Kier molecular flexibility index (Phi) is 9.89. The average molecular weight is 570 g/mol. The number of benzene rings is 2. The highest BCUT2D eigenvalue weighted by atomic mass is 35.5. The second kappa shape index (κ2) is 11.5. The summed E-state index contributed by atoms with van der Waals surface area (Å²) in [6.07, 6.45) is 0. The number of halogens is 6. The molecule has 7 nitrogen and oxygen atoms in total. The molecule has 0 aromatic heterocycles. The van der Waals surface area contributed by atoms with Crippen molar-refractivity contribution in [3.63, 3.8) is 0 Å². The molecule has 0 spiro atoms. The zero-order chi connectivity index (χ0) is 23.3. The van der Waals surface area contributed by atoms with Gasteiger partial charge in [0.25, 0.3) is 0 Å². The summed E-state index contributed by atoms with van der Waals surface area (Å²) < 4.78 is 24.1. The van der Waals surface area contributed by atoms with Crippen molar-refractivity contribution in [2.24, 2.45) is 0 Å². The molecule has 14 heteroatoms. The van der Waals surface area contributed by atoms with E-state index in [9.17, 15) is 9.36 Å². The summed E-state index contributed by atoms with van der Waals surface area (Å²) >= 11 is 36.2. The highest BCUT2D eigenvalue weighted by Gasteiger charge is 2.38. The number of carbonyl (C=O) groups excluding carboxylic acids is 1. The molecule has 0 aliphatic heterocycles. The molecule has 0 heterocycles. The van der Waals surface area contributed by atoms with Crippen LogP contribution >= 0.6 is 77.1 Å². The van der Waals surface area contributed by atoms with Gasteiger partial charge < -0.3 is 19.9 Å². The van der Waals surface area contributed by atoms with Crippen LogP contribution in [-0.2, 0) is 13.8 Å². The Morgan fingerprint density at radius 1 is 0.935 bits per heavy atom. The molecule has 170 valence electrons. The highest BCUT2D eigenvalue weighted by Crippen LogP contribution is 2.49. The number of carbonyl (C=O) groups is 1. The highest BCUT2D eigenvalue weighted by molar-refractivity contribution is 7.58. The normalized spacial score (nSPS) is 13.9. The van der Waals surface area contributed by atoms with E-state index in [1.807, 2.05) is 0 Å². The molecular weight excluding hydrogens is 554 g/mol. The molecular formula is C17H16Cl6N3O4P. The molecule has 0 saturated carbocycles. The van der Waals surface area contributed by atoms with Crippen LogP contribution in [0.5, 0.6) is 0 Å². The van der Waals surface area contributed by atoms with Gasteiger partial charge in [-0.15, -0.1) is 0 Å². The van der Waals surface area contributed by atoms with E-state index in [4.69, 9.17) is 78.9 Å². The predicted octanol–water partition coefficient (Wildman–Crippen LogP) is 8.00. The lowest BCUT2D eigenvalue weighted by Gasteiger charge is -2.28. The zero-order valence-corrected chi connectivity index (χ0v) is 21.4. The topological polar surface area (TPSA) is 88.7 Å². The van der Waals surface area contributed by atoms with Gasteiger partial charge in [-0.3, -0.25) is 9.65 Å². The number of methoxy groups -OCH3 is 1. The molecule has 2 rings (SSSR count). The Morgan fingerprint density at radius 3 is 1.81 bits per heavy atom. The first-order valence-corrected chi connectivity index (χ1v) is 12.4. The van der Waals surface area contributed by atoms with E-state index in [1.165, 1.54) is 31.4 Å². The van der Waals surface area contributed by atoms with Gasteiger partial charge >= 0.3 is 13.6 Å². The summed E-state index contributed by atoms with van der Waals surface area (Å²) in [5, 5.41) is 8.49. The maximum absolute atomic E-state index is 13.5. The number of hydrogen-bond acceptors (Lipinski definition) is 5. The van der Waals surface area contributed by atoms with Gasteiger partial charge in [-0.2, -0.15) is 0 Å². The van der Waals surface area contributed by atoms with Crippen LogP contribution in [0.3, 0.4) is 0 Å². The second-order valence-electron chi connectivity index (χ2n) is 5.80. The Labute approximate surface area is 209 Å². The van der Waals surface area contributed by atoms with E-state index in [2.05, 4.69) is 15.7 Å². The lowest BCUT2D eigenvalue weighted by atomic mass is 10.3. The maximum atomic E-state index is 13.5. The summed E-state index contributed by atoms with van der Waals surface area (Å²) in [5.74, 6) is -1.36. The van der Waals surface area contributed by atoms with Crippen molar-refractivity contribution in [3.8, 4) is 0 Å². The van der Waals surface area contributed by atoms with Crippen molar-refractivity contribution in [3.05, 3.63) is 54.4 Å². The largest absolute Gasteiger partial charge is 0.351 e. The summed E-state index contributed by atoms with van der Waals surface area (Å²) in [7, 11) is -2.78. The molecule has 2 aromatic rings. The minimum absolute atomic E-state index is 0.0103. The van der Waals surface area contributed by atoms with Gasteiger partial charge in [0.1, 0.15) is 0 Å². The summed E-state index contributed by atoms with van der Waals surface area (Å²) in [6.45, 7) is 1.58. The molecule has 2 atom stereocenters. The lowest BCUT2D eigenvalue weighted by molar-refractivity contribution is 0.160. The third kappa shape index (κ3) is 6.94. The molecule has 31 heavy (non-hydrogen) atoms. The van der Waals surface area contributed by atoms with Crippen LogP contribution in [0.4, 0.5) is 16.2 Å². The van der Waals surface area contributed by atoms with Crippen molar-refractivity contribution < 1.29 is 18.6 Å². The summed E-state index contributed by atoms with van der Waals surface area (Å²) in [5.41, 5.74) is 0.254. The third-order valence-electron chi connectivity index (χ3n) is 3.63. The first-order valence-electron chi connectivity index (χ1n) is 8.42. The smallest absolute Gasteiger partial charge is 0.345 e. The Morgan fingerprint density at radius 2 is 1.39 bits per heavy atom. The number of ether oxygens (including phenoxy) is 1. The standard InChI is InChI=1S/C17H16Cl6N3O4P/c1-3-30-31(28,17(29-2)25-15-12(22)6-9(19)7-13(15)23)26-16(27)24-14-10(20)4-8(18)5-11(14)21/h4-7,17,25H,3H2,1-2H3,(H2,24,26,27,28). The number of hydrogen-bond donors (Lipinski definition) is 3. The first kappa shape index (κ1) is 26.7. The van der Waals surface area contributed by atoms with Gasteiger partial charge in [-0.1, -0.05) is 69.6 Å². The second-order valence-corrected chi connectivity index (χ2v) is 10.4. The number of anilines is 2. The van der Waals surface area contributed by atoms with Crippen molar-refractivity contribution in [2.75, 3.05) is 24.4 Å². The minimum Gasteiger partial charge on any atom is -0.351 e. The molecule has 2 unspecified atom stereocenters. The van der Waals surface area contributed by atoms with Crippen LogP contribution in [-0.4, -0.2) is 25.7 Å². The van der Waals surface area contributed by atoms with Gasteiger partial charge in [0.2, 0.25) is 5.97 Å². The minimum atomic E-state index is -4.04. The van der Waals surface area contributed by atoms with Crippen LogP contribution < -0.4 is 15.7 Å². The fraction of sp³-hybridized carbons (Fsp3) is 0.235. The monoisotopic (exact) mass is 567 g/mol. The molecule has 0 aliphatic carbocycles. The summed E-state index contributed by atoms with van der Waals surface area (Å²) in [6, 6.07) is 4.72. The molecule has 0 aliphatic rings. The van der Waals surface area contributed by atoms with Gasteiger partial charge in [0.15, 0.2) is 0 Å². The van der Waals surface area contributed by atoms with Crippen molar-refractivity contribution in [1.82, 2.24) is 5.09 Å². The molecule has 3 N–H and O–H groups in total. The van der Waals surface area contributed by atoms with Crippen molar-refractivity contribution >= 4 is 94.5 Å². The van der Waals surface area contributed by atoms with Crippen molar-refractivity contribution in [1.29, 1.82) is 0 Å². The van der Waals surface area contributed by atoms with Crippen LogP contribution in [0, 0.1) is 0 Å². The maximum Gasteiger partial charge on any atom is 0.345 e. The molecule has 2 amide bonds. The van der Waals surface area contributed by atoms with E-state index in [1.54, 1.807) is 6.92 Å². The van der Waals surface area contributed by atoms with Crippen LogP contribution in [0.2, 0.25) is 30.1 Å². The van der Waals surface area contributed by atoms with E-state index in [-0.39, 0.29) is 43.1 Å². The Bertz CT molecular complexity index is 979. The van der Waals surface area contributed by atoms with E-state index >= 15 is 0 Å². The number of nitrogens with one attached hydrogen (secondary N) is 3. The lowest BCUT2D eigenvalue weighted by Crippen LogP contribution is -2.35. The summed E-state index contributed by atoms with van der Waals surface area (Å²) in [4.78, 5) is 12.6. The van der Waals surface area contributed by atoms with Crippen molar-refractivity contribution in [2.45, 2.75) is 12.9 Å². The molecule has 0 saturated heterocycles. The average Bonchev–Trinajstić information content (AvgIpc) is 2.64. The van der Waals surface area contributed by atoms with Gasteiger partial charge in [0.05, 0.1) is 38.1 Å². The molecule has 0 radical (unpaired) electrons. The number of amides is 2. The number of rotatable bonds is 8. The van der Waals surface area contributed by atoms with Crippen LogP contribution in [0.25, 0.3) is 0 Å².